The standard InChI is InChI=1S/C16H22N2O4/c1-8-5-6-18(12(7-8)16(21)22)15(20)14-9(2)13(11(4)19)10(3)17-14/h8,12,17H,5-7H2,1-4H3,(H,21,22). The number of hydrogen-bond donors (Lipinski definition) is 2. The lowest BCUT2D eigenvalue weighted by Gasteiger charge is -2.35. The third kappa shape index (κ3) is 2.77. The first-order valence-electron chi connectivity index (χ1n) is 7.47. The number of carboxylic acids is 1. The summed E-state index contributed by atoms with van der Waals surface area (Å²) in [5.74, 6) is -1.14. The van der Waals surface area contributed by atoms with Crippen LogP contribution in [0.2, 0.25) is 0 Å². The topological polar surface area (TPSA) is 90.5 Å². The van der Waals surface area contributed by atoms with Gasteiger partial charge in [0.05, 0.1) is 0 Å². The summed E-state index contributed by atoms with van der Waals surface area (Å²) in [6, 6.07) is -0.806. The lowest BCUT2D eigenvalue weighted by Crippen LogP contribution is -2.50. The van der Waals surface area contributed by atoms with Crippen LogP contribution in [0.25, 0.3) is 0 Å². The molecular weight excluding hydrogens is 284 g/mol. The lowest BCUT2D eigenvalue weighted by molar-refractivity contribution is -0.144. The molecule has 1 aromatic rings. The van der Waals surface area contributed by atoms with Crippen LogP contribution < -0.4 is 0 Å². The number of aromatic amines is 1. The zero-order valence-corrected chi connectivity index (χ0v) is 13.4. The van der Waals surface area contributed by atoms with E-state index < -0.39 is 12.0 Å². The molecule has 6 heteroatoms. The number of aliphatic carboxylic acids is 1. The van der Waals surface area contributed by atoms with Crippen molar-refractivity contribution in [2.24, 2.45) is 5.92 Å². The van der Waals surface area contributed by atoms with Gasteiger partial charge in [0, 0.05) is 17.8 Å². The Kier molecular flexibility index (Phi) is 4.39. The molecule has 0 bridgehead atoms. The second-order valence-electron chi connectivity index (χ2n) is 6.16. The average Bonchev–Trinajstić information content (AvgIpc) is 2.73. The zero-order chi connectivity index (χ0) is 16.6. The van der Waals surface area contributed by atoms with Crippen molar-refractivity contribution in [3.8, 4) is 0 Å². The quantitative estimate of drug-likeness (QED) is 0.837. The fourth-order valence-corrected chi connectivity index (χ4v) is 3.25. The molecule has 2 atom stereocenters. The molecule has 2 N–H and O–H groups in total. The smallest absolute Gasteiger partial charge is 0.326 e. The first kappa shape index (κ1) is 16.3. The Hall–Kier alpha value is -2.11. The minimum atomic E-state index is -0.979. The van der Waals surface area contributed by atoms with Crippen molar-refractivity contribution in [3.63, 3.8) is 0 Å². The normalized spacial score (nSPS) is 21.7. The Morgan fingerprint density at radius 2 is 1.91 bits per heavy atom. The molecule has 1 saturated heterocycles. The molecule has 1 fully saturated rings. The third-order valence-electron chi connectivity index (χ3n) is 4.41. The van der Waals surface area contributed by atoms with Crippen LogP contribution in [-0.4, -0.2) is 45.2 Å². The number of piperidine rings is 1. The first-order chi connectivity index (χ1) is 10.2. The molecule has 0 aliphatic carbocycles. The average molecular weight is 306 g/mol. The summed E-state index contributed by atoms with van der Waals surface area (Å²) in [5, 5.41) is 9.38. The van der Waals surface area contributed by atoms with E-state index in [1.54, 1.807) is 13.8 Å². The number of likely N-dealkylation sites (tertiary alicyclic amines) is 1. The van der Waals surface area contributed by atoms with E-state index in [1.165, 1.54) is 11.8 Å². The van der Waals surface area contributed by atoms with E-state index in [0.717, 1.165) is 6.42 Å². The van der Waals surface area contributed by atoms with E-state index in [1.807, 2.05) is 6.92 Å². The monoisotopic (exact) mass is 306 g/mol. The van der Waals surface area contributed by atoms with Crippen LogP contribution >= 0.6 is 0 Å². The van der Waals surface area contributed by atoms with Gasteiger partial charge in [-0.05, 0) is 45.1 Å². The second kappa shape index (κ2) is 5.94. The summed E-state index contributed by atoms with van der Waals surface area (Å²) in [4.78, 5) is 40.2. The third-order valence-corrected chi connectivity index (χ3v) is 4.41. The van der Waals surface area contributed by atoms with E-state index in [2.05, 4.69) is 4.98 Å². The van der Waals surface area contributed by atoms with Crippen molar-refractivity contribution in [2.45, 2.75) is 46.6 Å². The number of aryl methyl sites for hydroxylation is 1. The van der Waals surface area contributed by atoms with Gasteiger partial charge in [0.2, 0.25) is 0 Å². The van der Waals surface area contributed by atoms with E-state index in [4.69, 9.17) is 0 Å². The summed E-state index contributed by atoms with van der Waals surface area (Å²) < 4.78 is 0. The fourth-order valence-electron chi connectivity index (χ4n) is 3.25. The highest BCUT2D eigenvalue weighted by molar-refractivity contribution is 6.03. The molecule has 2 unspecified atom stereocenters. The van der Waals surface area contributed by atoms with Gasteiger partial charge in [-0.3, -0.25) is 9.59 Å². The largest absolute Gasteiger partial charge is 0.480 e. The highest BCUT2D eigenvalue weighted by Gasteiger charge is 2.36. The summed E-state index contributed by atoms with van der Waals surface area (Å²) in [6.45, 7) is 7.34. The molecule has 22 heavy (non-hydrogen) atoms. The van der Waals surface area contributed by atoms with Gasteiger partial charge in [0.1, 0.15) is 11.7 Å². The van der Waals surface area contributed by atoms with Crippen LogP contribution in [0.4, 0.5) is 0 Å². The van der Waals surface area contributed by atoms with Crippen molar-refractivity contribution in [1.29, 1.82) is 0 Å². The predicted molar refractivity (Wildman–Crippen MR) is 81.1 cm³/mol. The van der Waals surface area contributed by atoms with Crippen LogP contribution in [0, 0.1) is 19.8 Å². The Morgan fingerprint density at radius 3 is 2.41 bits per heavy atom. The van der Waals surface area contributed by atoms with Crippen molar-refractivity contribution in [2.75, 3.05) is 6.54 Å². The van der Waals surface area contributed by atoms with Gasteiger partial charge in [-0.1, -0.05) is 6.92 Å². The summed E-state index contributed by atoms with van der Waals surface area (Å²) in [5.41, 5.74) is 2.08. The van der Waals surface area contributed by atoms with Crippen LogP contribution in [0.3, 0.4) is 0 Å². The van der Waals surface area contributed by atoms with E-state index in [0.29, 0.717) is 35.5 Å². The van der Waals surface area contributed by atoms with Gasteiger partial charge >= 0.3 is 5.97 Å². The fraction of sp³-hybridized carbons (Fsp3) is 0.562. The number of aromatic nitrogens is 1. The van der Waals surface area contributed by atoms with Crippen molar-refractivity contribution < 1.29 is 19.5 Å². The lowest BCUT2D eigenvalue weighted by atomic mass is 9.92. The molecule has 2 heterocycles. The number of hydrogen-bond acceptors (Lipinski definition) is 3. The summed E-state index contributed by atoms with van der Waals surface area (Å²) in [6.07, 6.45) is 1.24. The van der Waals surface area contributed by atoms with Crippen molar-refractivity contribution in [1.82, 2.24) is 9.88 Å². The molecule has 1 amide bonds. The molecule has 0 radical (unpaired) electrons. The summed E-state index contributed by atoms with van der Waals surface area (Å²) >= 11 is 0. The highest BCUT2D eigenvalue weighted by Crippen LogP contribution is 2.26. The van der Waals surface area contributed by atoms with Crippen LogP contribution in [0.1, 0.15) is 58.8 Å². The van der Waals surface area contributed by atoms with Gasteiger partial charge in [-0.15, -0.1) is 0 Å². The van der Waals surface area contributed by atoms with E-state index in [-0.39, 0.29) is 17.6 Å². The van der Waals surface area contributed by atoms with Crippen LogP contribution in [0.15, 0.2) is 0 Å². The SMILES string of the molecule is CC(=O)c1c(C)[nH]c(C(=O)N2CCC(C)CC2C(=O)O)c1C. The van der Waals surface area contributed by atoms with Crippen molar-refractivity contribution >= 4 is 17.7 Å². The molecule has 2 rings (SSSR count). The maximum absolute atomic E-state index is 12.8. The Morgan fingerprint density at radius 1 is 1.27 bits per heavy atom. The Bertz CT molecular complexity index is 632. The zero-order valence-electron chi connectivity index (χ0n) is 13.4. The molecular formula is C16H22N2O4. The van der Waals surface area contributed by atoms with Crippen LogP contribution in [-0.2, 0) is 4.79 Å². The minimum absolute atomic E-state index is 0.104. The number of H-pyrrole nitrogens is 1. The van der Waals surface area contributed by atoms with Gasteiger partial charge in [0.25, 0.3) is 5.91 Å². The number of nitrogens with zero attached hydrogens (tertiary/aromatic N) is 1. The van der Waals surface area contributed by atoms with Gasteiger partial charge in [-0.2, -0.15) is 0 Å². The number of ketones is 1. The van der Waals surface area contributed by atoms with Crippen LogP contribution in [0.5, 0.6) is 0 Å². The molecule has 0 aromatic carbocycles. The maximum atomic E-state index is 12.8. The number of rotatable bonds is 3. The number of carbonyl (C=O) groups is 3. The van der Waals surface area contributed by atoms with Gasteiger partial charge in [-0.25, -0.2) is 4.79 Å². The molecule has 6 nitrogen and oxygen atoms in total. The molecule has 0 spiro atoms. The van der Waals surface area contributed by atoms with Gasteiger partial charge < -0.3 is 15.0 Å². The molecule has 120 valence electrons. The van der Waals surface area contributed by atoms with E-state index in [9.17, 15) is 19.5 Å². The van der Waals surface area contributed by atoms with E-state index >= 15 is 0 Å². The second-order valence-corrected chi connectivity index (χ2v) is 6.16. The number of amides is 1. The summed E-state index contributed by atoms with van der Waals surface area (Å²) in [7, 11) is 0. The number of nitrogens with one attached hydrogen (secondary N) is 1. The number of Topliss-reactive ketones (excluding diaryl/α,β-unsaturated/α-hetero) is 1. The maximum Gasteiger partial charge on any atom is 0.326 e. The Balaban J connectivity index is 2.37. The Labute approximate surface area is 129 Å². The molecule has 1 aliphatic rings. The highest BCUT2D eigenvalue weighted by atomic mass is 16.4. The predicted octanol–water partition coefficient (Wildman–Crippen LogP) is 2.16. The first-order valence-corrected chi connectivity index (χ1v) is 7.47. The van der Waals surface area contributed by atoms with Crippen molar-refractivity contribution in [3.05, 3.63) is 22.5 Å². The van der Waals surface area contributed by atoms with Gasteiger partial charge in [0.15, 0.2) is 5.78 Å². The molecule has 1 aromatic heterocycles. The number of carbonyl (C=O) groups excluding carboxylic acids is 2. The number of carboxylic acid groups (broad SMARTS) is 1. The molecule has 0 saturated carbocycles. The molecule has 1 aliphatic heterocycles. The minimum Gasteiger partial charge on any atom is -0.480 e.